The standard InChI is InChI=1S/C27H28N2O7/c1-2-34-22-15-17(9-10-19(22)30)24-23(25(31)21-8-6-14-36-21)26(32)27(33)29(24)16-18(20-7-5-13-35-20)28-11-3-4-12-28/h5-10,13-15,18,24,30,32H,2-4,11-12,16H2,1H3. The zero-order chi connectivity index (χ0) is 25.2. The maximum Gasteiger partial charge on any atom is 0.290 e. The molecule has 2 aliphatic rings. The highest BCUT2D eigenvalue weighted by molar-refractivity contribution is 6.15. The van der Waals surface area contributed by atoms with Gasteiger partial charge in [-0.25, -0.2) is 0 Å². The number of furan rings is 2. The van der Waals surface area contributed by atoms with Gasteiger partial charge in [0, 0.05) is 6.54 Å². The molecule has 36 heavy (non-hydrogen) atoms. The number of likely N-dealkylation sites (tertiary alicyclic amines) is 1. The lowest BCUT2D eigenvalue weighted by molar-refractivity contribution is -0.130. The first-order valence-corrected chi connectivity index (χ1v) is 12.0. The number of hydrogen-bond donors (Lipinski definition) is 2. The molecule has 1 fully saturated rings. The summed E-state index contributed by atoms with van der Waals surface area (Å²) in [5.74, 6) is -0.977. The minimum Gasteiger partial charge on any atom is -0.504 e. The van der Waals surface area contributed by atoms with E-state index in [9.17, 15) is 19.8 Å². The first-order valence-electron chi connectivity index (χ1n) is 12.0. The monoisotopic (exact) mass is 492 g/mol. The van der Waals surface area contributed by atoms with Crippen LogP contribution in [0.5, 0.6) is 11.5 Å². The second-order valence-electron chi connectivity index (χ2n) is 8.86. The molecule has 2 atom stereocenters. The van der Waals surface area contributed by atoms with Crippen LogP contribution in [-0.2, 0) is 4.79 Å². The van der Waals surface area contributed by atoms with Gasteiger partial charge in [-0.1, -0.05) is 6.07 Å². The van der Waals surface area contributed by atoms with E-state index in [-0.39, 0.29) is 35.4 Å². The Balaban J connectivity index is 1.59. The lowest BCUT2D eigenvalue weighted by Crippen LogP contribution is -2.40. The number of aromatic hydroxyl groups is 1. The number of aliphatic hydroxyl groups excluding tert-OH is 1. The highest BCUT2D eigenvalue weighted by atomic mass is 16.5. The normalized spacial score (nSPS) is 19.3. The van der Waals surface area contributed by atoms with Crippen LogP contribution in [0.15, 0.2) is 75.2 Å². The van der Waals surface area contributed by atoms with Gasteiger partial charge in [0.25, 0.3) is 5.91 Å². The molecular formula is C27H28N2O7. The second kappa shape index (κ2) is 9.94. The van der Waals surface area contributed by atoms with Crippen molar-refractivity contribution in [2.45, 2.75) is 31.8 Å². The van der Waals surface area contributed by atoms with E-state index in [0.29, 0.717) is 17.9 Å². The molecule has 5 rings (SSSR count). The van der Waals surface area contributed by atoms with Crippen molar-refractivity contribution in [1.82, 2.24) is 9.80 Å². The Labute approximate surface area is 208 Å². The number of benzene rings is 1. The van der Waals surface area contributed by atoms with Crippen molar-refractivity contribution in [3.8, 4) is 11.5 Å². The lowest BCUT2D eigenvalue weighted by atomic mass is 9.94. The molecule has 0 bridgehead atoms. The third kappa shape index (κ3) is 4.26. The molecule has 2 N–H and O–H groups in total. The van der Waals surface area contributed by atoms with Crippen LogP contribution in [0.2, 0.25) is 0 Å². The SMILES string of the molecule is CCOc1cc(C2C(C(=O)c3ccco3)=C(O)C(=O)N2CC(c2ccco2)N2CCCC2)ccc1O. The smallest absolute Gasteiger partial charge is 0.290 e. The van der Waals surface area contributed by atoms with Crippen LogP contribution in [0.3, 0.4) is 0 Å². The molecule has 1 aromatic carbocycles. The summed E-state index contributed by atoms with van der Waals surface area (Å²) in [6.07, 6.45) is 5.03. The van der Waals surface area contributed by atoms with E-state index < -0.39 is 23.5 Å². The van der Waals surface area contributed by atoms with Crippen molar-refractivity contribution in [3.05, 3.63) is 83.4 Å². The van der Waals surface area contributed by atoms with E-state index in [4.69, 9.17) is 13.6 Å². The van der Waals surface area contributed by atoms with E-state index >= 15 is 0 Å². The van der Waals surface area contributed by atoms with E-state index in [1.165, 1.54) is 23.3 Å². The molecule has 2 unspecified atom stereocenters. The predicted molar refractivity (Wildman–Crippen MR) is 129 cm³/mol. The van der Waals surface area contributed by atoms with Gasteiger partial charge >= 0.3 is 0 Å². The third-order valence-electron chi connectivity index (χ3n) is 6.72. The number of ether oxygens (including phenoxy) is 1. The second-order valence-corrected chi connectivity index (χ2v) is 8.86. The van der Waals surface area contributed by atoms with Crippen molar-refractivity contribution in [3.63, 3.8) is 0 Å². The summed E-state index contributed by atoms with van der Waals surface area (Å²) in [6, 6.07) is 10.2. The summed E-state index contributed by atoms with van der Waals surface area (Å²) in [5, 5.41) is 21.2. The van der Waals surface area contributed by atoms with Crippen molar-refractivity contribution in [1.29, 1.82) is 0 Å². The van der Waals surface area contributed by atoms with Gasteiger partial charge in [0.1, 0.15) is 5.76 Å². The first-order chi connectivity index (χ1) is 17.5. The number of phenols is 1. The highest BCUT2D eigenvalue weighted by Crippen LogP contribution is 2.43. The Hall–Kier alpha value is -3.98. The van der Waals surface area contributed by atoms with Crippen LogP contribution in [0, 0.1) is 0 Å². The van der Waals surface area contributed by atoms with Gasteiger partial charge in [-0.2, -0.15) is 0 Å². The molecule has 188 valence electrons. The predicted octanol–water partition coefficient (Wildman–Crippen LogP) is 4.39. The van der Waals surface area contributed by atoms with Gasteiger partial charge in [0.15, 0.2) is 23.0 Å². The average Bonchev–Trinajstić information content (AvgIpc) is 3.69. The molecule has 0 spiro atoms. The van der Waals surface area contributed by atoms with E-state index in [1.807, 2.05) is 6.07 Å². The number of hydrogen-bond acceptors (Lipinski definition) is 8. The number of Topliss-reactive ketones (excluding diaryl/α,β-unsaturated/α-hetero) is 1. The van der Waals surface area contributed by atoms with Crippen molar-refractivity contribution < 1.29 is 33.4 Å². The Kier molecular flexibility index (Phi) is 6.56. The third-order valence-corrected chi connectivity index (χ3v) is 6.72. The molecular weight excluding hydrogens is 464 g/mol. The topological polar surface area (TPSA) is 117 Å². The van der Waals surface area contributed by atoms with Gasteiger partial charge in [-0.3, -0.25) is 14.5 Å². The minimum absolute atomic E-state index is 0.0159. The Morgan fingerprint density at radius 1 is 1.11 bits per heavy atom. The maximum absolute atomic E-state index is 13.5. The van der Waals surface area contributed by atoms with Crippen molar-refractivity contribution in [2.75, 3.05) is 26.2 Å². The molecule has 2 aromatic heterocycles. The Morgan fingerprint density at radius 3 is 2.53 bits per heavy atom. The fourth-order valence-electron chi connectivity index (χ4n) is 5.04. The molecule has 4 heterocycles. The molecule has 3 aromatic rings. The number of carbonyl (C=O) groups excluding carboxylic acids is 2. The molecule has 9 nitrogen and oxygen atoms in total. The molecule has 0 aliphatic carbocycles. The summed E-state index contributed by atoms with van der Waals surface area (Å²) < 4.78 is 16.6. The summed E-state index contributed by atoms with van der Waals surface area (Å²) in [5.41, 5.74) is 0.436. The number of aliphatic hydroxyl groups is 1. The summed E-state index contributed by atoms with van der Waals surface area (Å²) in [6.45, 7) is 3.99. The van der Waals surface area contributed by atoms with Crippen LogP contribution in [0.25, 0.3) is 0 Å². The average molecular weight is 493 g/mol. The number of carbonyl (C=O) groups is 2. The van der Waals surface area contributed by atoms with Crippen LogP contribution < -0.4 is 4.74 Å². The molecule has 1 saturated heterocycles. The summed E-state index contributed by atoms with van der Waals surface area (Å²) in [7, 11) is 0. The largest absolute Gasteiger partial charge is 0.504 e. The van der Waals surface area contributed by atoms with Crippen LogP contribution in [0.4, 0.5) is 0 Å². The van der Waals surface area contributed by atoms with E-state index in [2.05, 4.69) is 4.90 Å². The maximum atomic E-state index is 13.5. The number of nitrogens with zero attached hydrogens (tertiary/aromatic N) is 2. The molecule has 0 radical (unpaired) electrons. The highest BCUT2D eigenvalue weighted by Gasteiger charge is 2.46. The summed E-state index contributed by atoms with van der Waals surface area (Å²) >= 11 is 0. The van der Waals surface area contributed by atoms with Gasteiger partial charge < -0.3 is 28.7 Å². The zero-order valence-corrected chi connectivity index (χ0v) is 19.9. The first kappa shape index (κ1) is 23.7. The molecule has 0 saturated carbocycles. The van der Waals surface area contributed by atoms with Gasteiger partial charge in [-0.05, 0) is 74.8 Å². The lowest BCUT2D eigenvalue weighted by Gasteiger charge is -2.33. The van der Waals surface area contributed by atoms with E-state index in [0.717, 1.165) is 25.9 Å². The fraction of sp³-hybridized carbons (Fsp3) is 0.333. The molecule has 9 heteroatoms. The summed E-state index contributed by atoms with van der Waals surface area (Å²) in [4.78, 5) is 30.6. The Morgan fingerprint density at radius 2 is 1.86 bits per heavy atom. The number of phenolic OH excluding ortho intramolecular Hbond substituents is 1. The number of amides is 1. The quantitative estimate of drug-likeness (QED) is 0.423. The Bertz CT molecular complexity index is 1260. The van der Waals surface area contributed by atoms with Crippen molar-refractivity contribution in [2.24, 2.45) is 0 Å². The zero-order valence-electron chi connectivity index (χ0n) is 19.9. The van der Waals surface area contributed by atoms with E-state index in [1.54, 1.807) is 37.5 Å². The number of ketones is 1. The van der Waals surface area contributed by atoms with Gasteiger partial charge in [0.05, 0.1) is 36.8 Å². The number of rotatable bonds is 9. The minimum atomic E-state index is -0.921. The van der Waals surface area contributed by atoms with Gasteiger partial charge in [-0.15, -0.1) is 0 Å². The van der Waals surface area contributed by atoms with Crippen molar-refractivity contribution >= 4 is 11.7 Å². The molecule has 2 aliphatic heterocycles. The van der Waals surface area contributed by atoms with Crippen LogP contribution in [-0.4, -0.2) is 57.9 Å². The fourth-order valence-corrected chi connectivity index (χ4v) is 5.04. The van der Waals surface area contributed by atoms with Gasteiger partial charge in [0.2, 0.25) is 5.78 Å². The van der Waals surface area contributed by atoms with Crippen LogP contribution >= 0.6 is 0 Å². The van der Waals surface area contributed by atoms with Crippen LogP contribution in [0.1, 0.15) is 53.7 Å². The molecule has 1 amide bonds.